The molecule has 2 aliphatic rings. The topological polar surface area (TPSA) is 72.5 Å². The second-order valence-corrected chi connectivity index (χ2v) is 8.37. The Bertz CT molecular complexity index is 955. The van der Waals surface area contributed by atoms with Crippen LogP contribution in [0.2, 0.25) is 0 Å². The van der Waals surface area contributed by atoms with Gasteiger partial charge in [0.2, 0.25) is 11.7 Å². The number of aryl methyl sites for hydroxylation is 2. The number of carbonyl (C=O) groups is 3. The molecule has 144 valence electrons. The number of anilines is 1. The molecule has 0 unspecified atom stereocenters. The van der Waals surface area contributed by atoms with Crippen LogP contribution in [0, 0.1) is 0 Å². The van der Waals surface area contributed by atoms with Gasteiger partial charge in [0, 0.05) is 10.5 Å². The number of Topliss-reactive ketones (excluding diaryl/α,β-unsaturated/α-hetero) is 1. The first-order chi connectivity index (χ1) is 13.5. The minimum atomic E-state index is -0.879. The highest BCUT2D eigenvalue weighted by Crippen LogP contribution is 2.36. The Kier molecular flexibility index (Phi) is 5.22. The summed E-state index contributed by atoms with van der Waals surface area (Å²) in [4.78, 5) is 38.1. The Morgan fingerprint density at radius 3 is 2.82 bits per heavy atom. The van der Waals surface area contributed by atoms with E-state index in [0.717, 1.165) is 29.8 Å². The summed E-state index contributed by atoms with van der Waals surface area (Å²) in [5.74, 6) is -0.985. The zero-order chi connectivity index (χ0) is 19.7. The number of ketones is 1. The molecule has 0 bridgehead atoms. The van der Waals surface area contributed by atoms with Crippen LogP contribution in [0.4, 0.5) is 5.69 Å². The number of carbonyl (C=O) groups excluding carboxylic acids is 3. The Hall–Kier alpha value is -2.60. The Morgan fingerprint density at radius 2 is 1.96 bits per heavy atom. The summed E-state index contributed by atoms with van der Waals surface area (Å²) in [6.45, 7) is 1.58. The van der Waals surface area contributed by atoms with Crippen molar-refractivity contribution in [3.63, 3.8) is 0 Å². The summed E-state index contributed by atoms with van der Waals surface area (Å²) < 4.78 is 5.34. The number of ether oxygens (including phenoxy) is 1. The fourth-order valence-corrected chi connectivity index (χ4v) is 4.73. The average Bonchev–Trinajstić information content (AvgIpc) is 3.15. The van der Waals surface area contributed by atoms with Crippen molar-refractivity contribution in [2.24, 2.45) is 0 Å². The van der Waals surface area contributed by atoms with E-state index in [4.69, 9.17) is 4.74 Å². The van der Waals surface area contributed by atoms with Crippen molar-refractivity contribution in [2.45, 2.75) is 48.9 Å². The van der Waals surface area contributed by atoms with Crippen LogP contribution in [0.25, 0.3) is 0 Å². The summed E-state index contributed by atoms with van der Waals surface area (Å²) >= 11 is 1.34. The maximum atomic E-state index is 12.6. The summed E-state index contributed by atoms with van der Waals surface area (Å²) in [6.07, 6.45) is 2.20. The van der Waals surface area contributed by atoms with Crippen LogP contribution in [-0.4, -0.2) is 29.0 Å². The van der Waals surface area contributed by atoms with Crippen LogP contribution in [-0.2, 0) is 27.2 Å². The number of esters is 1. The highest BCUT2D eigenvalue weighted by molar-refractivity contribution is 8.01. The van der Waals surface area contributed by atoms with Crippen molar-refractivity contribution < 1.29 is 19.1 Å². The SMILES string of the molecule is C[C@@H](OC(=O)C[C@@H]1Sc2ccccc2NC1=O)C(=O)c1ccc2c(c1)CCC2. The lowest BCUT2D eigenvalue weighted by Gasteiger charge is -2.23. The van der Waals surface area contributed by atoms with Gasteiger partial charge >= 0.3 is 5.97 Å². The van der Waals surface area contributed by atoms with Gasteiger partial charge in [-0.05, 0) is 55.5 Å². The molecule has 0 radical (unpaired) electrons. The summed E-state index contributed by atoms with van der Waals surface area (Å²) in [5, 5.41) is 2.24. The van der Waals surface area contributed by atoms with Gasteiger partial charge in [-0.15, -0.1) is 11.8 Å². The third kappa shape index (κ3) is 3.83. The number of thioether (sulfide) groups is 1. The lowest BCUT2D eigenvalue weighted by atomic mass is 10.0. The number of fused-ring (bicyclic) bond motifs is 2. The van der Waals surface area contributed by atoms with Crippen LogP contribution in [0.5, 0.6) is 0 Å². The highest BCUT2D eigenvalue weighted by atomic mass is 32.2. The lowest BCUT2D eigenvalue weighted by Crippen LogP contribution is -2.33. The number of para-hydroxylation sites is 1. The summed E-state index contributed by atoms with van der Waals surface area (Å²) in [7, 11) is 0. The van der Waals surface area contributed by atoms with Gasteiger partial charge < -0.3 is 10.1 Å². The molecule has 2 atom stereocenters. The van der Waals surface area contributed by atoms with Gasteiger partial charge in [0.25, 0.3) is 0 Å². The molecule has 0 saturated carbocycles. The predicted octanol–water partition coefficient (Wildman–Crippen LogP) is 3.79. The van der Waals surface area contributed by atoms with Crippen LogP contribution in [0.15, 0.2) is 47.4 Å². The molecule has 0 spiro atoms. The number of amides is 1. The molecule has 1 N–H and O–H groups in total. The Labute approximate surface area is 167 Å². The van der Waals surface area contributed by atoms with E-state index < -0.39 is 17.3 Å². The third-order valence-corrected chi connectivity index (χ3v) is 6.39. The maximum Gasteiger partial charge on any atom is 0.308 e. The predicted molar refractivity (Wildman–Crippen MR) is 108 cm³/mol. The van der Waals surface area contributed by atoms with Crippen molar-refractivity contribution in [2.75, 3.05) is 5.32 Å². The summed E-state index contributed by atoms with van der Waals surface area (Å²) in [6, 6.07) is 13.2. The number of hydrogen-bond acceptors (Lipinski definition) is 5. The molecule has 1 amide bonds. The molecule has 0 saturated heterocycles. The fraction of sp³-hybridized carbons (Fsp3) is 0.318. The van der Waals surface area contributed by atoms with Crippen LogP contribution in [0.1, 0.15) is 41.3 Å². The first-order valence-corrected chi connectivity index (χ1v) is 10.3. The monoisotopic (exact) mass is 395 g/mol. The second-order valence-electron chi connectivity index (χ2n) is 7.13. The van der Waals surface area contributed by atoms with E-state index in [1.165, 1.54) is 22.9 Å². The normalized spacial score (nSPS) is 18.6. The van der Waals surface area contributed by atoms with E-state index in [1.807, 2.05) is 36.4 Å². The molecule has 2 aromatic rings. The molecule has 5 nitrogen and oxygen atoms in total. The van der Waals surface area contributed by atoms with E-state index in [9.17, 15) is 14.4 Å². The van der Waals surface area contributed by atoms with Crippen molar-refractivity contribution in [1.29, 1.82) is 0 Å². The molecule has 1 aliphatic carbocycles. The molecular weight excluding hydrogens is 374 g/mol. The fourth-order valence-electron chi connectivity index (χ4n) is 3.64. The molecule has 28 heavy (non-hydrogen) atoms. The van der Waals surface area contributed by atoms with Crippen LogP contribution in [0.3, 0.4) is 0 Å². The van der Waals surface area contributed by atoms with Crippen molar-refractivity contribution in [3.05, 3.63) is 59.2 Å². The maximum absolute atomic E-state index is 12.6. The van der Waals surface area contributed by atoms with Crippen molar-refractivity contribution in [3.8, 4) is 0 Å². The first-order valence-electron chi connectivity index (χ1n) is 9.43. The molecular formula is C22H21NO4S. The summed E-state index contributed by atoms with van der Waals surface area (Å²) in [5.41, 5.74) is 3.82. The minimum Gasteiger partial charge on any atom is -0.454 e. The molecule has 0 aromatic heterocycles. The van der Waals surface area contributed by atoms with E-state index in [2.05, 4.69) is 5.32 Å². The molecule has 2 aromatic carbocycles. The smallest absolute Gasteiger partial charge is 0.308 e. The van der Waals surface area contributed by atoms with Crippen molar-refractivity contribution >= 4 is 35.1 Å². The van der Waals surface area contributed by atoms with Gasteiger partial charge in [-0.3, -0.25) is 14.4 Å². The lowest BCUT2D eigenvalue weighted by molar-refractivity contribution is -0.147. The van der Waals surface area contributed by atoms with Crippen LogP contribution < -0.4 is 5.32 Å². The number of rotatable bonds is 5. The third-order valence-electron chi connectivity index (χ3n) is 5.12. The Balaban J connectivity index is 1.37. The number of nitrogens with one attached hydrogen (secondary N) is 1. The largest absolute Gasteiger partial charge is 0.454 e. The molecule has 1 heterocycles. The highest BCUT2D eigenvalue weighted by Gasteiger charge is 2.30. The van der Waals surface area contributed by atoms with Gasteiger partial charge in [-0.2, -0.15) is 0 Å². The molecule has 0 fully saturated rings. The molecule has 6 heteroatoms. The number of hydrogen-bond donors (Lipinski definition) is 1. The van der Waals surface area contributed by atoms with Crippen LogP contribution >= 0.6 is 11.8 Å². The van der Waals surface area contributed by atoms with Gasteiger partial charge in [0.15, 0.2) is 6.10 Å². The van der Waals surface area contributed by atoms with E-state index >= 15 is 0 Å². The van der Waals surface area contributed by atoms with E-state index in [-0.39, 0.29) is 18.1 Å². The number of benzene rings is 2. The second kappa shape index (κ2) is 7.80. The average molecular weight is 395 g/mol. The Morgan fingerprint density at radius 1 is 1.18 bits per heavy atom. The first kappa shape index (κ1) is 18.7. The van der Waals surface area contributed by atoms with E-state index in [0.29, 0.717) is 5.56 Å². The van der Waals surface area contributed by atoms with Gasteiger partial charge in [0.05, 0.1) is 17.4 Å². The van der Waals surface area contributed by atoms with Crippen molar-refractivity contribution in [1.82, 2.24) is 0 Å². The quantitative estimate of drug-likeness (QED) is 0.616. The van der Waals surface area contributed by atoms with E-state index in [1.54, 1.807) is 13.0 Å². The zero-order valence-electron chi connectivity index (χ0n) is 15.6. The molecule has 4 rings (SSSR count). The van der Waals surface area contributed by atoms with Gasteiger partial charge in [0.1, 0.15) is 0 Å². The van der Waals surface area contributed by atoms with Gasteiger partial charge in [-0.25, -0.2) is 0 Å². The van der Waals surface area contributed by atoms with Gasteiger partial charge in [-0.1, -0.05) is 24.3 Å². The minimum absolute atomic E-state index is 0.0767. The molecule has 1 aliphatic heterocycles. The standard InChI is InChI=1S/C22H21NO4S/c1-13(21(25)16-10-9-14-5-4-6-15(14)11-16)27-20(24)12-19-22(26)23-17-7-2-3-8-18(17)28-19/h2-3,7-11,13,19H,4-6,12H2,1H3,(H,23,26)/t13-,19+/m1/s1. The zero-order valence-corrected chi connectivity index (χ0v) is 16.4.